The SMILES string of the molecule is COc1ccc(Br)c(NC(=O)N[C@H](CO)C(=O)O)c1. The molecule has 7 nitrogen and oxygen atoms in total. The van der Waals surface area contributed by atoms with Crippen LogP contribution in [0.3, 0.4) is 0 Å². The van der Waals surface area contributed by atoms with Gasteiger partial charge in [0, 0.05) is 10.5 Å². The van der Waals surface area contributed by atoms with Gasteiger partial charge >= 0.3 is 12.0 Å². The van der Waals surface area contributed by atoms with E-state index in [1.807, 2.05) is 0 Å². The number of halogens is 1. The lowest BCUT2D eigenvalue weighted by Crippen LogP contribution is -2.45. The Balaban J connectivity index is 2.73. The molecule has 8 heteroatoms. The van der Waals surface area contributed by atoms with Crippen LogP contribution in [-0.2, 0) is 4.79 Å². The maximum Gasteiger partial charge on any atom is 0.328 e. The summed E-state index contributed by atoms with van der Waals surface area (Å²) in [5.41, 5.74) is 0.416. The third-order valence-corrected chi connectivity index (χ3v) is 2.90. The Morgan fingerprint density at radius 3 is 2.68 bits per heavy atom. The van der Waals surface area contributed by atoms with E-state index in [4.69, 9.17) is 14.9 Å². The van der Waals surface area contributed by atoms with Crippen LogP contribution in [0.1, 0.15) is 0 Å². The van der Waals surface area contributed by atoms with Crippen LogP contribution < -0.4 is 15.4 Å². The molecular formula is C11H13BrN2O5. The molecule has 0 bridgehead atoms. The summed E-state index contributed by atoms with van der Waals surface area (Å²) in [7, 11) is 1.49. The molecule has 0 fully saturated rings. The summed E-state index contributed by atoms with van der Waals surface area (Å²) < 4.78 is 5.62. The number of carboxylic acids is 1. The van der Waals surface area contributed by atoms with E-state index in [1.165, 1.54) is 7.11 Å². The summed E-state index contributed by atoms with van der Waals surface area (Å²) in [6.07, 6.45) is 0. The Kier molecular flexibility index (Phi) is 5.58. The van der Waals surface area contributed by atoms with Crippen LogP contribution >= 0.6 is 15.9 Å². The van der Waals surface area contributed by atoms with E-state index in [0.717, 1.165) is 0 Å². The van der Waals surface area contributed by atoms with Crippen molar-refractivity contribution in [2.75, 3.05) is 19.0 Å². The molecule has 0 heterocycles. The van der Waals surface area contributed by atoms with Crippen LogP contribution in [0.15, 0.2) is 22.7 Å². The number of hydrogen-bond acceptors (Lipinski definition) is 4. The summed E-state index contributed by atoms with van der Waals surface area (Å²) in [6, 6.07) is 2.84. The minimum absolute atomic E-state index is 0.416. The molecule has 2 amide bonds. The highest BCUT2D eigenvalue weighted by Gasteiger charge is 2.19. The lowest BCUT2D eigenvalue weighted by Gasteiger charge is -2.14. The van der Waals surface area contributed by atoms with Crippen LogP contribution in [0, 0.1) is 0 Å². The number of carbonyl (C=O) groups is 2. The van der Waals surface area contributed by atoms with Crippen molar-refractivity contribution in [2.24, 2.45) is 0 Å². The average Bonchev–Trinajstić information content (AvgIpc) is 2.38. The zero-order valence-corrected chi connectivity index (χ0v) is 11.6. The smallest absolute Gasteiger partial charge is 0.328 e. The molecule has 1 rings (SSSR count). The number of rotatable bonds is 5. The highest BCUT2D eigenvalue weighted by molar-refractivity contribution is 9.10. The van der Waals surface area contributed by atoms with Gasteiger partial charge in [-0.3, -0.25) is 0 Å². The second kappa shape index (κ2) is 6.95. The van der Waals surface area contributed by atoms with Crippen LogP contribution in [-0.4, -0.2) is 42.0 Å². The summed E-state index contributed by atoms with van der Waals surface area (Å²) >= 11 is 3.24. The van der Waals surface area contributed by atoms with E-state index in [0.29, 0.717) is 15.9 Å². The molecule has 0 spiro atoms. The fourth-order valence-electron chi connectivity index (χ4n) is 1.23. The Hall–Kier alpha value is -1.80. The molecule has 1 aromatic carbocycles. The minimum atomic E-state index is -1.36. The fourth-order valence-corrected chi connectivity index (χ4v) is 1.58. The van der Waals surface area contributed by atoms with Gasteiger partial charge in [0.15, 0.2) is 6.04 Å². The predicted octanol–water partition coefficient (Wildman–Crippen LogP) is 1.02. The first-order chi connectivity index (χ1) is 8.97. The molecule has 0 radical (unpaired) electrons. The molecule has 1 aromatic rings. The van der Waals surface area contributed by atoms with Crippen molar-refractivity contribution in [3.8, 4) is 5.75 Å². The normalized spacial score (nSPS) is 11.5. The van der Waals surface area contributed by atoms with Crippen molar-refractivity contribution in [2.45, 2.75) is 6.04 Å². The van der Waals surface area contributed by atoms with Gasteiger partial charge in [0.2, 0.25) is 0 Å². The van der Waals surface area contributed by atoms with Crippen molar-refractivity contribution in [1.82, 2.24) is 5.32 Å². The van der Waals surface area contributed by atoms with Crippen molar-refractivity contribution in [3.63, 3.8) is 0 Å². The first-order valence-electron chi connectivity index (χ1n) is 5.22. The maximum atomic E-state index is 11.6. The molecule has 1 atom stereocenters. The van der Waals surface area contributed by atoms with Gasteiger partial charge in [-0.05, 0) is 28.1 Å². The van der Waals surface area contributed by atoms with Gasteiger partial charge in [0.1, 0.15) is 5.75 Å². The number of aliphatic hydroxyl groups excluding tert-OH is 1. The van der Waals surface area contributed by atoms with E-state index < -0.39 is 24.6 Å². The number of ether oxygens (including phenoxy) is 1. The first kappa shape index (κ1) is 15.3. The zero-order valence-electron chi connectivity index (χ0n) is 10.0. The summed E-state index contributed by atoms with van der Waals surface area (Å²) in [6.45, 7) is -0.692. The number of methoxy groups -OCH3 is 1. The monoisotopic (exact) mass is 332 g/mol. The van der Waals surface area contributed by atoms with E-state index in [-0.39, 0.29) is 0 Å². The van der Waals surface area contributed by atoms with Gasteiger partial charge in [0.05, 0.1) is 19.4 Å². The van der Waals surface area contributed by atoms with Crippen LogP contribution in [0.2, 0.25) is 0 Å². The van der Waals surface area contributed by atoms with Gasteiger partial charge in [-0.2, -0.15) is 0 Å². The minimum Gasteiger partial charge on any atom is -0.497 e. The topological polar surface area (TPSA) is 108 Å². The number of benzene rings is 1. The van der Waals surface area contributed by atoms with Gasteiger partial charge in [-0.25, -0.2) is 9.59 Å². The average molecular weight is 333 g/mol. The Morgan fingerprint density at radius 1 is 1.47 bits per heavy atom. The molecule has 0 aliphatic carbocycles. The van der Waals surface area contributed by atoms with Crippen LogP contribution in [0.5, 0.6) is 5.75 Å². The van der Waals surface area contributed by atoms with E-state index in [2.05, 4.69) is 26.6 Å². The van der Waals surface area contributed by atoms with Crippen molar-refractivity contribution in [3.05, 3.63) is 22.7 Å². The molecular weight excluding hydrogens is 320 g/mol. The molecule has 4 N–H and O–H groups in total. The quantitative estimate of drug-likeness (QED) is 0.644. The Morgan fingerprint density at radius 2 is 2.16 bits per heavy atom. The maximum absolute atomic E-state index is 11.6. The number of nitrogens with one attached hydrogen (secondary N) is 2. The molecule has 0 aromatic heterocycles. The fraction of sp³-hybridized carbons (Fsp3) is 0.273. The van der Waals surface area contributed by atoms with Gasteiger partial charge < -0.3 is 25.6 Å². The van der Waals surface area contributed by atoms with Crippen molar-refractivity contribution in [1.29, 1.82) is 0 Å². The molecule has 0 aliphatic heterocycles. The van der Waals surface area contributed by atoms with E-state index >= 15 is 0 Å². The second-order valence-corrected chi connectivity index (χ2v) is 4.37. The standard InChI is InChI=1S/C11H13BrN2O5/c1-19-6-2-3-7(12)8(4-6)13-11(18)14-9(5-15)10(16)17/h2-4,9,15H,5H2,1H3,(H,16,17)(H2,13,14,18)/t9-/m1/s1. The number of anilines is 1. The summed E-state index contributed by atoms with van der Waals surface area (Å²) in [4.78, 5) is 22.2. The van der Waals surface area contributed by atoms with Gasteiger partial charge in [-0.1, -0.05) is 0 Å². The van der Waals surface area contributed by atoms with Crippen LogP contribution in [0.25, 0.3) is 0 Å². The zero-order chi connectivity index (χ0) is 14.4. The predicted molar refractivity (Wildman–Crippen MR) is 71.4 cm³/mol. The number of carbonyl (C=O) groups excluding carboxylic acids is 1. The highest BCUT2D eigenvalue weighted by atomic mass is 79.9. The Labute approximate surface area is 117 Å². The molecule has 0 unspecified atom stereocenters. The Bertz CT molecular complexity index is 480. The highest BCUT2D eigenvalue weighted by Crippen LogP contribution is 2.26. The number of amides is 2. The molecule has 104 valence electrons. The van der Waals surface area contributed by atoms with Gasteiger partial charge in [0.25, 0.3) is 0 Å². The number of aliphatic carboxylic acids is 1. The van der Waals surface area contributed by atoms with Crippen molar-refractivity contribution < 1.29 is 24.5 Å². The lowest BCUT2D eigenvalue weighted by molar-refractivity contribution is -0.140. The third-order valence-electron chi connectivity index (χ3n) is 2.21. The summed E-state index contributed by atoms with van der Waals surface area (Å²) in [5, 5.41) is 22.1. The molecule has 0 saturated heterocycles. The van der Waals surface area contributed by atoms with Gasteiger partial charge in [-0.15, -0.1) is 0 Å². The van der Waals surface area contributed by atoms with E-state index in [9.17, 15) is 9.59 Å². The first-order valence-corrected chi connectivity index (χ1v) is 6.02. The molecule has 19 heavy (non-hydrogen) atoms. The van der Waals surface area contributed by atoms with Crippen molar-refractivity contribution >= 4 is 33.6 Å². The number of carboxylic acid groups (broad SMARTS) is 1. The van der Waals surface area contributed by atoms with E-state index in [1.54, 1.807) is 18.2 Å². The lowest BCUT2D eigenvalue weighted by atomic mass is 10.3. The van der Waals surface area contributed by atoms with Crippen LogP contribution in [0.4, 0.5) is 10.5 Å². The molecule has 0 saturated carbocycles. The number of urea groups is 1. The molecule has 0 aliphatic rings. The number of aliphatic hydroxyl groups is 1. The summed E-state index contributed by atoms with van der Waals surface area (Å²) in [5.74, 6) is -0.780. The second-order valence-electron chi connectivity index (χ2n) is 3.52. The number of hydrogen-bond donors (Lipinski definition) is 4. The third kappa shape index (κ3) is 4.42. The largest absolute Gasteiger partial charge is 0.497 e.